The first-order valence-corrected chi connectivity index (χ1v) is 9.16. The zero-order chi connectivity index (χ0) is 20.5. The van der Waals surface area contributed by atoms with Crippen molar-refractivity contribution >= 4 is 23.2 Å². The molecule has 1 atom stereocenters. The summed E-state index contributed by atoms with van der Waals surface area (Å²) in [4.78, 5) is 42.5. The summed E-state index contributed by atoms with van der Waals surface area (Å²) in [6, 6.07) is 10.3. The van der Waals surface area contributed by atoms with Crippen LogP contribution in [0.3, 0.4) is 0 Å². The molecule has 1 aliphatic heterocycles. The number of pyridine rings is 1. The second kappa shape index (κ2) is 7.31. The standard InChI is InChI=1S/C21H19N5O3/c1-12-9-19(27)26(2)18-4-3-14(10-15(12)18)23-20(28)16-11-17(24-25-21(16)29)13-5-7-22-8-6-13/h3-8,10-12H,9H2,1-2H3,(H,23,28)(H,25,29). The highest BCUT2D eigenvalue weighted by atomic mass is 16.2. The van der Waals surface area contributed by atoms with Gasteiger partial charge in [0.1, 0.15) is 5.56 Å². The van der Waals surface area contributed by atoms with Gasteiger partial charge < -0.3 is 10.2 Å². The van der Waals surface area contributed by atoms with Crippen molar-refractivity contribution in [1.29, 1.82) is 0 Å². The number of carbonyl (C=O) groups is 2. The topological polar surface area (TPSA) is 108 Å². The van der Waals surface area contributed by atoms with Crippen molar-refractivity contribution in [2.45, 2.75) is 19.3 Å². The highest BCUT2D eigenvalue weighted by Crippen LogP contribution is 2.36. The highest BCUT2D eigenvalue weighted by molar-refractivity contribution is 6.05. The zero-order valence-electron chi connectivity index (χ0n) is 16.0. The van der Waals surface area contributed by atoms with Crippen LogP contribution in [0.5, 0.6) is 0 Å². The number of aromatic nitrogens is 3. The third-order valence-corrected chi connectivity index (χ3v) is 5.06. The summed E-state index contributed by atoms with van der Waals surface area (Å²) in [7, 11) is 1.74. The van der Waals surface area contributed by atoms with E-state index in [1.807, 2.05) is 13.0 Å². The minimum absolute atomic E-state index is 0.0372. The maximum Gasteiger partial charge on any atom is 0.277 e. The average molecular weight is 389 g/mol. The number of hydrogen-bond acceptors (Lipinski definition) is 5. The molecule has 2 N–H and O–H groups in total. The number of aromatic amines is 1. The molecule has 29 heavy (non-hydrogen) atoms. The lowest BCUT2D eigenvalue weighted by molar-refractivity contribution is -0.119. The van der Waals surface area contributed by atoms with Gasteiger partial charge in [0.15, 0.2) is 0 Å². The molecule has 0 fully saturated rings. The van der Waals surface area contributed by atoms with Crippen molar-refractivity contribution in [2.24, 2.45) is 0 Å². The maximum atomic E-state index is 12.7. The van der Waals surface area contributed by atoms with Crippen molar-refractivity contribution < 1.29 is 9.59 Å². The Morgan fingerprint density at radius 1 is 1.17 bits per heavy atom. The molecule has 2 amide bonds. The van der Waals surface area contributed by atoms with Crippen LogP contribution in [0.4, 0.5) is 11.4 Å². The van der Waals surface area contributed by atoms with Crippen LogP contribution in [0, 0.1) is 0 Å². The third kappa shape index (κ3) is 3.52. The number of nitrogens with zero attached hydrogens (tertiary/aromatic N) is 3. The monoisotopic (exact) mass is 389 g/mol. The molecular weight excluding hydrogens is 370 g/mol. The number of hydrogen-bond donors (Lipinski definition) is 2. The smallest absolute Gasteiger partial charge is 0.277 e. The first-order valence-electron chi connectivity index (χ1n) is 9.16. The fraction of sp³-hybridized carbons (Fsp3) is 0.190. The van der Waals surface area contributed by atoms with E-state index in [1.54, 1.807) is 48.6 Å². The molecule has 1 aliphatic rings. The molecule has 0 radical (unpaired) electrons. The van der Waals surface area contributed by atoms with Gasteiger partial charge in [-0.25, -0.2) is 5.10 Å². The Morgan fingerprint density at radius 3 is 2.69 bits per heavy atom. The van der Waals surface area contributed by atoms with E-state index in [4.69, 9.17) is 0 Å². The first kappa shape index (κ1) is 18.5. The Bertz CT molecular complexity index is 1160. The number of fused-ring (bicyclic) bond motifs is 1. The van der Waals surface area contributed by atoms with Gasteiger partial charge in [-0.15, -0.1) is 0 Å². The van der Waals surface area contributed by atoms with Crippen molar-refractivity contribution in [3.63, 3.8) is 0 Å². The van der Waals surface area contributed by atoms with Gasteiger partial charge >= 0.3 is 0 Å². The fourth-order valence-electron chi connectivity index (χ4n) is 3.42. The van der Waals surface area contributed by atoms with E-state index in [9.17, 15) is 14.4 Å². The van der Waals surface area contributed by atoms with Crippen LogP contribution in [-0.2, 0) is 4.79 Å². The number of nitrogens with one attached hydrogen (secondary N) is 2. The molecule has 8 heteroatoms. The van der Waals surface area contributed by atoms with E-state index in [1.165, 1.54) is 6.07 Å². The second-order valence-electron chi connectivity index (χ2n) is 7.02. The van der Waals surface area contributed by atoms with Gasteiger partial charge in [-0.05, 0) is 47.9 Å². The Hall–Kier alpha value is -3.81. The van der Waals surface area contributed by atoms with Crippen molar-refractivity contribution in [3.05, 3.63) is 70.3 Å². The summed E-state index contributed by atoms with van der Waals surface area (Å²) < 4.78 is 0. The lowest BCUT2D eigenvalue weighted by atomic mass is 9.91. The number of H-pyrrole nitrogens is 1. The van der Waals surface area contributed by atoms with Gasteiger partial charge in [-0.2, -0.15) is 5.10 Å². The summed E-state index contributed by atoms with van der Waals surface area (Å²) >= 11 is 0. The minimum Gasteiger partial charge on any atom is -0.322 e. The van der Waals surface area contributed by atoms with Gasteiger partial charge in [-0.1, -0.05) is 6.92 Å². The summed E-state index contributed by atoms with van der Waals surface area (Å²) in [6.07, 6.45) is 3.63. The second-order valence-corrected chi connectivity index (χ2v) is 7.02. The average Bonchev–Trinajstić information content (AvgIpc) is 2.73. The number of benzene rings is 1. The van der Waals surface area contributed by atoms with E-state index in [-0.39, 0.29) is 17.4 Å². The molecule has 4 rings (SSSR count). The Morgan fingerprint density at radius 2 is 1.93 bits per heavy atom. The molecule has 1 unspecified atom stereocenters. The molecule has 2 aromatic heterocycles. The molecule has 3 heterocycles. The number of rotatable bonds is 3. The number of anilines is 2. The molecule has 8 nitrogen and oxygen atoms in total. The highest BCUT2D eigenvalue weighted by Gasteiger charge is 2.26. The fourth-order valence-corrected chi connectivity index (χ4v) is 3.42. The predicted octanol–water partition coefficient (Wildman–Crippen LogP) is 2.55. The predicted molar refractivity (Wildman–Crippen MR) is 109 cm³/mol. The van der Waals surface area contributed by atoms with Crippen LogP contribution in [0.2, 0.25) is 0 Å². The van der Waals surface area contributed by atoms with Gasteiger partial charge in [-0.3, -0.25) is 19.4 Å². The Kier molecular flexibility index (Phi) is 4.67. The molecule has 3 aromatic rings. The number of carbonyl (C=O) groups excluding carboxylic acids is 2. The van der Waals surface area contributed by atoms with Crippen LogP contribution in [-0.4, -0.2) is 34.0 Å². The van der Waals surface area contributed by atoms with E-state index in [0.717, 1.165) is 16.8 Å². The van der Waals surface area contributed by atoms with Crippen LogP contribution in [0.1, 0.15) is 35.2 Å². The van der Waals surface area contributed by atoms with E-state index in [2.05, 4.69) is 20.5 Å². The molecular formula is C21H19N5O3. The summed E-state index contributed by atoms with van der Waals surface area (Å²) in [5.74, 6) is -0.418. The molecule has 146 valence electrons. The van der Waals surface area contributed by atoms with Crippen molar-refractivity contribution in [2.75, 3.05) is 17.3 Å². The third-order valence-electron chi connectivity index (χ3n) is 5.06. The summed E-state index contributed by atoms with van der Waals surface area (Å²) in [5, 5.41) is 9.14. The normalized spacial score (nSPS) is 15.7. The maximum absolute atomic E-state index is 12.7. The van der Waals surface area contributed by atoms with Gasteiger partial charge in [0.2, 0.25) is 5.91 Å². The van der Waals surface area contributed by atoms with Crippen LogP contribution in [0.15, 0.2) is 53.6 Å². The minimum atomic E-state index is -0.572. The molecule has 0 saturated carbocycles. The van der Waals surface area contributed by atoms with E-state index < -0.39 is 11.5 Å². The zero-order valence-corrected chi connectivity index (χ0v) is 16.0. The summed E-state index contributed by atoms with van der Waals surface area (Å²) in [6.45, 7) is 1.98. The van der Waals surface area contributed by atoms with Crippen LogP contribution in [0.25, 0.3) is 11.3 Å². The molecule has 1 aromatic carbocycles. The van der Waals surface area contributed by atoms with Crippen LogP contribution >= 0.6 is 0 Å². The van der Waals surface area contributed by atoms with Gasteiger partial charge in [0.05, 0.1) is 5.69 Å². The van der Waals surface area contributed by atoms with Crippen LogP contribution < -0.4 is 15.8 Å². The Labute approximate surface area is 166 Å². The lowest BCUT2D eigenvalue weighted by Gasteiger charge is -2.30. The quantitative estimate of drug-likeness (QED) is 0.716. The largest absolute Gasteiger partial charge is 0.322 e. The molecule has 0 spiro atoms. The van der Waals surface area contributed by atoms with E-state index >= 15 is 0 Å². The Balaban J connectivity index is 1.63. The van der Waals surface area contributed by atoms with Crippen molar-refractivity contribution in [1.82, 2.24) is 15.2 Å². The van der Waals surface area contributed by atoms with Crippen molar-refractivity contribution in [3.8, 4) is 11.3 Å². The first-order chi connectivity index (χ1) is 13.9. The van der Waals surface area contributed by atoms with E-state index in [0.29, 0.717) is 17.8 Å². The number of amides is 2. The molecule has 0 bridgehead atoms. The lowest BCUT2D eigenvalue weighted by Crippen LogP contribution is -2.32. The van der Waals surface area contributed by atoms with Gasteiger partial charge in [0, 0.05) is 42.8 Å². The summed E-state index contributed by atoms with van der Waals surface area (Å²) in [5.41, 5.74) is 2.96. The SMILES string of the molecule is CC1CC(=O)N(C)c2ccc(NC(=O)c3cc(-c4ccncc4)n[nH]c3=O)cc21. The molecule has 0 aliphatic carbocycles. The van der Waals surface area contributed by atoms with Gasteiger partial charge in [0.25, 0.3) is 11.5 Å². The molecule has 0 saturated heterocycles.